The van der Waals surface area contributed by atoms with Gasteiger partial charge in [-0.05, 0) is 31.5 Å². The highest BCUT2D eigenvalue weighted by Crippen LogP contribution is 2.28. The number of amides is 3. The van der Waals surface area contributed by atoms with Crippen molar-refractivity contribution < 1.29 is 24.3 Å². The van der Waals surface area contributed by atoms with E-state index in [0.717, 1.165) is 4.90 Å². The lowest BCUT2D eigenvalue weighted by Crippen LogP contribution is -2.50. The number of nitrogens with zero attached hydrogens (tertiary/aromatic N) is 2. The molecule has 0 saturated carbocycles. The van der Waals surface area contributed by atoms with Crippen LogP contribution in [0.5, 0.6) is 0 Å². The fraction of sp³-hybridized carbons (Fsp3) is 0.444. The first-order valence-electron chi connectivity index (χ1n) is 8.57. The van der Waals surface area contributed by atoms with Gasteiger partial charge in [-0.3, -0.25) is 14.4 Å². The SMILES string of the molecule is CC(=O)NCCN(C(=O)C1CCN(c2cccc(Cl)c2)C1=O)C(C)C(=O)O. The van der Waals surface area contributed by atoms with Gasteiger partial charge in [-0.1, -0.05) is 17.7 Å². The number of hydrogen-bond acceptors (Lipinski definition) is 4. The van der Waals surface area contributed by atoms with Crippen LogP contribution in [0, 0.1) is 5.92 Å². The second kappa shape index (κ2) is 8.85. The summed E-state index contributed by atoms with van der Waals surface area (Å²) in [5.41, 5.74) is 0.596. The summed E-state index contributed by atoms with van der Waals surface area (Å²) in [5, 5.41) is 12.3. The lowest BCUT2D eigenvalue weighted by atomic mass is 10.1. The molecule has 1 saturated heterocycles. The molecule has 2 atom stereocenters. The van der Waals surface area contributed by atoms with Gasteiger partial charge in [0.25, 0.3) is 0 Å². The van der Waals surface area contributed by atoms with Gasteiger partial charge in [-0.15, -0.1) is 0 Å². The average molecular weight is 396 g/mol. The van der Waals surface area contributed by atoms with E-state index in [-0.39, 0.29) is 31.3 Å². The number of aliphatic carboxylic acids is 1. The minimum absolute atomic E-state index is 0.00677. The van der Waals surface area contributed by atoms with Crippen molar-refractivity contribution in [2.45, 2.75) is 26.3 Å². The van der Waals surface area contributed by atoms with Crippen LogP contribution >= 0.6 is 11.6 Å². The van der Waals surface area contributed by atoms with Gasteiger partial charge in [0.05, 0.1) is 0 Å². The summed E-state index contributed by atoms with van der Waals surface area (Å²) in [6, 6.07) is 5.66. The number of carboxylic acids is 1. The van der Waals surface area contributed by atoms with Crippen LogP contribution in [0.15, 0.2) is 24.3 Å². The Morgan fingerprint density at radius 3 is 2.70 bits per heavy atom. The zero-order chi connectivity index (χ0) is 20.1. The molecular formula is C18H22ClN3O5. The number of anilines is 1. The van der Waals surface area contributed by atoms with Crippen molar-refractivity contribution in [1.29, 1.82) is 0 Å². The molecule has 1 aliphatic rings. The zero-order valence-corrected chi connectivity index (χ0v) is 15.9. The van der Waals surface area contributed by atoms with Gasteiger partial charge < -0.3 is 20.2 Å². The second-order valence-electron chi connectivity index (χ2n) is 6.34. The molecule has 1 aromatic rings. The Morgan fingerprint density at radius 2 is 2.11 bits per heavy atom. The van der Waals surface area contributed by atoms with Gasteiger partial charge in [0.2, 0.25) is 17.7 Å². The van der Waals surface area contributed by atoms with Crippen LogP contribution in [-0.2, 0) is 19.2 Å². The van der Waals surface area contributed by atoms with Crippen molar-refractivity contribution in [2.24, 2.45) is 5.92 Å². The summed E-state index contributed by atoms with van der Waals surface area (Å²) >= 11 is 5.97. The van der Waals surface area contributed by atoms with E-state index in [4.69, 9.17) is 11.6 Å². The third kappa shape index (κ3) is 4.97. The minimum Gasteiger partial charge on any atom is -0.480 e. The van der Waals surface area contributed by atoms with Crippen LogP contribution in [0.2, 0.25) is 5.02 Å². The van der Waals surface area contributed by atoms with E-state index >= 15 is 0 Å². The Labute approximate surface area is 162 Å². The van der Waals surface area contributed by atoms with Gasteiger partial charge in [-0.2, -0.15) is 0 Å². The molecule has 0 aliphatic carbocycles. The number of carboxylic acid groups (broad SMARTS) is 1. The van der Waals surface area contributed by atoms with Crippen molar-refractivity contribution in [3.05, 3.63) is 29.3 Å². The van der Waals surface area contributed by atoms with E-state index in [0.29, 0.717) is 17.3 Å². The molecule has 0 bridgehead atoms. The maximum Gasteiger partial charge on any atom is 0.326 e. The molecule has 0 radical (unpaired) electrons. The summed E-state index contributed by atoms with van der Waals surface area (Å²) < 4.78 is 0. The summed E-state index contributed by atoms with van der Waals surface area (Å²) in [6.07, 6.45) is 0.285. The third-order valence-electron chi connectivity index (χ3n) is 4.46. The van der Waals surface area contributed by atoms with E-state index in [9.17, 15) is 24.3 Å². The first-order chi connectivity index (χ1) is 12.7. The standard InChI is InChI=1S/C18H22ClN3O5/c1-11(18(26)27)21(9-7-20-12(2)23)16(24)15-6-8-22(17(15)25)14-5-3-4-13(19)10-14/h3-5,10-11,15H,6-9H2,1-2H3,(H,20,23)(H,26,27). The van der Waals surface area contributed by atoms with Crippen LogP contribution in [0.1, 0.15) is 20.3 Å². The molecule has 2 N–H and O–H groups in total. The number of benzene rings is 1. The molecule has 8 nitrogen and oxygen atoms in total. The number of carbonyl (C=O) groups excluding carboxylic acids is 3. The smallest absolute Gasteiger partial charge is 0.326 e. The summed E-state index contributed by atoms with van der Waals surface area (Å²) in [5.74, 6) is -3.35. The summed E-state index contributed by atoms with van der Waals surface area (Å²) in [7, 11) is 0. The van der Waals surface area contributed by atoms with Crippen LogP contribution in [0.4, 0.5) is 5.69 Å². The van der Waals surface area contributed by atoms with Crippen molar-refractivity contribution in [3.63, 3.8) is 0 Å². The molecule has 3 amide bonds. The predicted octanol–water partition coefficient (Wildman–Crippen LogP) is 1.13. The Kier molecular flexibility index (Phi) is 6.79. The van der Waals surface area contributed by atoms with Crippen LogP contribution in [0.3, 0.4) is 0 Å². The predicted molar refractivity (Wildman–Crippen MR) is 99.4 cm³/mol. The molecule has 146 valence electrons. The minimum atomic E-state index is -1.18. The van der Waals surface area contributed by atoms with Crippen molar-refractivity contribution >= 4 is 41.0 Å². The van der Waals surface area contributed by atoms with E-state index in [1.165, 1.54) is 18.7 Å². The van der Waals surface area contributed by atoms with Crippen LogP contribution in [0.25, 0.3) is 0 Å². The molecule has 0 spiro atoms. The molecule has 1 aromatic carbocycles. The highest BCUT2D eigenvalue weighted by molar-refractivity contribution is 6.31. The van der Waals surface area contributed by atoms with Crippen LogP contribution < -0.4 is 10.2 Å². The van der Waals surface area contributed by atoms with E-state index < -0.39 is 23.8 Å². The maximum absolute atomic E-state index is 12.9. The quantitative estimate of drug-likeness (QED) is 0.673. The Bertz CT molecular complexity index is 754. The van der Waals surface area contributed by atoms with Crippen molar-refractivity contribution in [3.8, 4) is 0 Å². The Morgan fingerprint density at radius 1 is 1.41 bits per heavy atom. The second-order valence-corrected chi connectivity index (χ2v) is 6.78. The lowest BCUT2D eigenvalue weighted by molar-refractivity contribution is -0.152. The summed E-state index contributed by atoms with van der Waals surface area (Å²) in [4.78, 5) is 50.7. The van der Waals surface area contributed by atoms with E-state index in [1.807, 2.05) is 0 Å². The van der Waals surface area contributed by atoms with E-state index in [2.05, 4.69) is 5.32 Å². The molecule has 0 aromatic heterocycles. The molecular weight excluding hydrogens is 374 g/mol. The first kappa shape index (κ1) is 20.7. The first-order valence-corrected chi connectivity index (χ1v) is 8.95. The van der Waals surface area contributed by atoms with Crippen molar-refractivity contribution in [1.82, 2.24) is 10.2 Å². The topological polar surface area (TPSA) is 107 Å². The average Bonchev–Trinajstić information content (AvgIpc) is 2.99. The molecule has 1 fully saturated rings. The number of rotatable bonds is 7. The highest BCUT2D eigenvalue weighted by atomic mass is 35.5. The molecule has 1 aliphatic heterocycles. The molecule has 2 rings (SSSR count). The van der Waals surface area contributed by atoms with Gasteiger partial charge in [0.1, 0.15) is 12.0 Å². The van der Waals surface area contributed by atoms with Gasteiger partial charge >= 0.3 is 5.97 Å². The fourth-order valence-electron chi connectivity index (χ4n) is 2.99. The monoisotopic (exact) mass is 395 g/mol. The van der Waals surface area contributed by atoms with E-state index in [1.54, 1.807) is 24.3 Å². The third-order valence-corrected chi connectivity index (χ3v) is 4.69. The zero-order valence-electron chi connectivity index (χ0n) is 15.1. The number of carbonyl (C=O) groups is 4. The maximum atomic E-state index is 12.9. The molecule has 1 heterocycles. The highest BCUT2D eigenvalue weighted by Gasteiger charge is 2.41. The van der Waals surface area contributed by atoms with Crippen molar-refractivity contribution in [2.75, 3.05) is 24.5 Å². The molecule has 27 heavy (non-hydrogen) atoms. The lowest BCUT2D eigenvalue weighted by Gasteiger charge is -2.28. The van der Waals surface area contributed by atoms with Gasteiger partial charge in [0, 0.05) is 37.3 Å². The van der Waals surface area contributed by atoms with Gasteiger partial charge in [-0.25, -0.2) is 4.79 Å². The Hall–Kier alpha value is -2.61. The molecule has 2 unspecified atom stereocenters. The normalized spacial score (nSPS) is 17.5. The fourth-order valence-corrected chi connectivity index (χ4v) is 3.17. The molecule has 9 heteroatoms. The Balaban J connectivity index is 2.15. The number of halogens is 1. The number of hydrogen-bond donors (Lipinski definition) is 2. The largest absolute Gasteiger partial charge is 0.480 e. The number of nitrogens with one attached hydrogen (secondary N) is 1. The van der Waals surface area contributed by atoms with Gasteiger partial charge in [0.15, 0.2) is 0 Å². The van der Waals surface area contributed by atoms with Crippen LogP contribution in [-0.4, -0.2) is 59.4 Å². The summed E-state index contributed by atoms with van der Waals surface area (Å²) in [6.45, 7) is 3.17.